The van der Waals surface area contributed by atoms with Gasteiger partial charge in [0, 0.05) is 19.1 Å². The number of hydrogen-bond acceptors (Lipinski definition) is 2. The SMILES string of the molecule is CC1CCN(C(=O)Nc2ccccc2F)C(CN)C1. The van der Waals surface area contributed by atoms with E-state index >= 15 is 0 Å². The van der Waals surface area contributed by atoms with Crippen molar-refractivity contribution in [2.45, 2.75) is 25.8 Å². The predicted octanol–water partition coefficient (Wildman–Crippen LogP) is 2.42. The third-order valence-corrected chi connectivity index (χ3v) is 3.63. The van der Waals surface area contributed by atoms with E-state index in [0.29, 0.717) is 19.0 Å². The quantitative estimate of drug-likeness (QED) is 0.862. The van der Waals surface area contributed by atoms with E-state index in [1.54, 1.807) is 23.1 Å². The lowest BCUT2D eigenvalue weighted by Crippen LogP contribution is -2.50. The molecule has 2 amide bonds. The number of halogens is 1. The topological polar surface area (TPSA) is 58.4 Å². The Kier molecular flexibility index (Phi) is 4.37. The molecule has 0 aliphatic carbocycles. The van der Waals surface area contributed by atoms with Crippen LogP contribution >= 0.6 is 0 Å². The van der Waals surface area contributed by atoms with E-state index in [2.05, 4.69) is 12.2 Å². The molecule has 1 aromatic carbocycles. The Morgan fingerprint density at radius 1 is 1.53 bits per heavy atom. The molecule has 0 spiro atoms. The minimum Gasteiger partial charge on any atom is -0.328 e. The molecule has 0 radical (unpaired) electrons. The van der Waals surface area contributed by atoms with E-state index in [1.807, 2.05) is 0 Å². The van der Waals surface area contributed by atoms with Crippen LogP contribution in [0.2, 0.25) is 0 Å². The molecule has 4 nitrogen and oxygen atoms in total. The van der Waals surface area contributed by atoms with Crippen molar-refractivity contribution in [3.8, 4) is 0 Å². The molecule has 3 N–H and O–H groups in total. The zero-order valence-corrected chi connectivity index (χ0v) is 11.1. The van der Waals surface area contributed by atoms with E-state index in [4.69, 9.17) is 5.73 Å². The molecule has 2 unspecified atom stereocenters. The summed E-state index contributed by atoms with van der Waals surface area (Å²) in [5.74, 6) is 0.150. The summed E-state index contributed by atoms with van der Waals surface area (Å²) in [6.45, 7) is 3.27. The number of piperidine rings is 1. The van der Waals surface area contributed by atoms with Crippen molar-refractivity contribution in [2.75, 3.05) is 18.4 Å². The molecule has 1 saturated heterocycles. The van der Waals surface area contributed by atoms with Gasteiger partial charge in [-0.25, -0.2) is 9.18 Å². The first-order chi connectivity index (χ1) is 9.11. The zero-order chi connectivity index (χ0) is 13.8. The smallest absolute Gasteiger partial charge is 0.322 e. The highest BCUT2D eigenvalue weighted by Gasteiger charge is 2.29. The number of anilines is 1. The molecule has 1 fully saturated rings. The lowest BCUT2D eigenvalue weighted by atomic mass is 9.93. The third kappa shape index (κ3) is 3.23. The second-order valence-corrected chi connectivity index (χ2v) is 5.12. The first-order valence-corrected chi connectivity index (χ1v) is 6.64. The van der Waals surface area contributed by atoms with Gasteiger partial charge < -0.3 is 16.0 Å². The van der Waals surface area contributed by atoms with Gasteiger partial charge in [-0.05, 0) is 30.9 Å². The van der Waals surface area contributed by atoms with Crippen LogP contribution in [0, 0.1) is 11.7 Å². The van der Waals surface area contributed by atoms with Crippen LogP contribution < -0.4 is 11.1 Å². The van der Waals surface area contributed by atoms with Gasteiger partial charge in [0.1, 0.15) is 5.82 Å². The average molecular weight is 265 g/mol. The van der Waals surface area contributed by atoms with E-state index < -0.39 is 5.82 Å². The van der Waals surface area contributed by atoms with Gasteiger partial charge in [0.25, 0.3) is 0 Å². The van der Waals surface area contributed by atoms with Crippen LogP contribution in [-0.2, 0) is 0 Å². The Labute approximate surface area is 112 Å². The van der Waals surface area contributed by atoms with E-state index in [-0.39, 0.29) is 17.8 Å². The van der Waals surface area contributed by atoms with Gasteiger partial charge in [-0.1, -0.05) is 19.1 Å². The number of likely N-dealkylation sites (tertiary alicyclic amines) is 1. The van der Waals surface area contributed by atoms with Crippen molar-refractivity contribution in [3.63, 3.8) is 0 Å². The van der Waals surface area contributed by atoms with Crippen molar-refractivity contribution < 1.29 is 9.18 Å². The summed E-state index contributed by atoms with van der Waals surface area (Å²) in [5.41, 5.74) is 5.93. The number of nitrogens with two attached hydrogens (primary N) is 1. The summed E-state index contributed by atoms with van der Waals surface area (Å²) in [7, 11) is 0. The summed E-state index contributed by atoms with van der Waals surface area (Å²) < 4.78 is 13.5. The van der Waals surface area contributed by atoms with Gasteiger partial charge in [0.15, 0.2) is 0 Å². The van der Waals surface area contributed by atoms with Gasteiger partial charge in [-0.15, -0.1) is 0 Å². The summed E-state index contributed by atoms with van der Waals surface area (Å²) in [6.07, 6.45) is 1.86. The summed E-state index contributed by atoms with van der Waals surface area (Å²) in [6, 6.07) is 5.93. The molecule has 1 aliphatic heterocycles. The van der Waals surface area contributed by atoms with Crippen molar-refractivity contribution in [1.29, 1.82) is 0 Å². The lowest BCUT2D eigenvalue weighted by Gasteiger charge is -2.37. The number of urea groups is 1. The molecule has 0 saturated carbocycles. The molecule has 2 rings (SSSR count). The standard InChI is InChI=1S/C14H20FN3O/c1-10-6-7-18(11(8-10)9-16)14(19)17-13-5-3-2-4-12(13)15/h2-5,10-11H,6-9,16H2,1H3,(H,17,19). The average Bonchev–Trinajstić information content (AvgIpc) is 2.41. The first-order valence-electron chi connectivity index (χ1n) is 6.64. The molecule has 1 aliphatic rings. The third-order valence-electron chi connectivity index (χ3n) is 3.63. The number of carbonyl (C=O) groups excluding carboxylic acids is 1. The zero-order valence-electron chi connectivity index (χ0n) is 11.1. The molecule has 1 aromatic rings. The van der Waals surface area contributed by atoms with Crippen molar-refractivity contribution in [3.05, 3.63) is 30.1 Å². The number of benzene rings is 1. The highest BCUT2D eigenvalue weighted by atomic mass is 19.1. The number of amides is 2. The van der Waals surface area contributed by atoms with E-state index in [1.165, 1.54) is 6.07 Å². The Bertz CT molecular complexity index is 452. The Balaban J connectivity index is 2.05. The molecule has 104 valence electrons. The fourth-order valence-electron chi connectivity index (χ4n) is 2.49. The minimum atomic E-state index is -0.425. The Hall–Kier alpha value is -1.62. The predicted molar refractivity (Wildman–Crippen MR) is 73.4 cm³/mol. The summed E-state index contributed by atoms with van der Waals surface area (Å²) in [5, 5.41) is 2.62. The molecule has 1 heterocycles. The maximum Gasteiger partial charge on any atom is 0.322 e. The fourth-order valence-corrected chi connectivity index (χ4v) is 2.49. The molecule has 0 aromatic heterocycles. The van der Waals surface area contributed by atoms with Crippen molar-refractivity contribution in [2.24, 2.45) is 11.7 Å². The maximum absolute atomic E-state index is 13.5. The molecular weight excluding hydrogens is 245 g/mol. The van der Waals surface area contributed by atoms with Gasteiger partial charge in [-0.3, -0.25) is 0 Å². The van der Waals surface area contributed by atoms with Crippen LogP contribution in [0.25, 0.3) is 0 Å². The van der Waals surface area contributed by atoms with Crippen molar-refractivity contribution in [1.82, 2.24) is 4.90 Å². The van der Waals surface area contributed by atoms with Crippen LogP contribution in [0.1, 0.15) is 19.8 Å². The van der Waals surface area contributed by atoms with Gasteiger partial charge in [-0.2, -0.15) is 0 Å². The van der Waals surface area contributed by atoms with Crippen molar-refractivity contribution >= 4 is 11.7 Å². The normalized spacial score (nSPS) is 23.2. The highest BCUT2D eigenvalue weighted by molar-refractivity contribution is 5.89. The molecule has 5 heteroatoms. The Morgan fingerprint density at radius 2 is 2.26 bits per heavy atom. The number of rotatable bonds is 2. The van der Waals surface area contributed by atoms with Crippen LogP contribution in [0.4, 0.5) is 14.9 Å². The van der Waals surface area contributed by atoms with Gasteiger partial charge in [0.05, 0.1) is 5.69 Å². The number of nitrogens with zero attached hydrogens (tertiary/aromatic N) is 1. The van der Waals surface area contributed by atoms with Gasteiger partial charge >= 0.3 is 6.03 Å². The Morgan fingerprint density at radius 3 is 2.95 bits per heavy atom. The molecular formula is C14H20FN3O. The molecule has 2 atom stereocenters. The number of carbonyl (C=O) groups is 1. The second-order valence-electron chi connectivity index (χ2n) is 5.12. The number of para-hydroxylation sites is 1. The van der Waals surface area contributed by atoms with E-state index in [9.17, 15) is 9.18 Å². The summed E-state index contributed by atoms with van der Waals surface area (Å²) >= 11 is 0. The highest BCUT2D eigenvalue weighted by Crippen LogP contribution is 2.23. The molecule has 19 heavy (non-hydrogen) atoms. The number of nitrogens with one attached hydrogen (secondary N) is 1. The van der Waals surface area contributed by atoms with Crippen LogP contribution in [0.5, 0.6) is 0 Å². The monoisotopic (exact) mass is 265 g/mol. The minimum absolute atomic E-state index is 0.0375. The molecule has 0 bridgehead atoms. The fraction of sp³-hybridized carbons (Fsp3) is 0.500. The van der Waals surface area contributed by atoms with Gasteiger partial charge in [0.2, 0.25) is 0 Å². The van der Waals surface area contributed by atoms with Crippen LogP contribution in [0.3, 0.4) is 0 Å². The first kappa shape index (κ1) is 13.8. The maximum atomic E-state index is 13.5. The second kappa shape index (κ2) is 6.02. The largest absolute Gasteiger partial charge is 0.328 e. The number of hydrogen-bond donors (Lipinski definition) is 2. The lowest BCUT2D eigenvalue weighted by molar-refractivity contribution is 0.145. The van der Waals surface area contributed by atoms with Crippen LogP contribution in [-0.4, -0.2) is 30.1 Å². The van der Waals surface area contributed by atoms with Crippen LogP contribution in [0.15, 0.2) is 24.3 Å². The summed E-state index contributed by atoms with van der Waals surface area (Å²) in [4.78, 5) is 13.9. The van der Waals surface area contributed by atoms with E-state index in [0.717, 1.165) is 12.8 Å².